The summed E-state index contributed by atoms with van der Waals surface area (Å²) in [6.07, 6.45) is 0.852. The van der Waals surface area contributed by atoms with Gasteiger partial charge in [0, 0.05) is 16.3 Å². The van der Waals surface area contributed by atoms with Crippen LogP contribution in [0.2, 0.25) is 5.02 Å². The zero-order chi connectivity index (χ0) is 19.4. The molecule has 6 nitrogen and oxygen atoms in total. The predicted molar refractivity (Wildman–Crippen MR) is 111 cm³/mol. The largest absolute Gasteiger partial charge is 0.335 e. The summed E-state index contributed by atoms with van der Waals surface area (Å²) in [6.45, 7) is 4.04. The van der Waals surface area contributed by atoms with Gasteiger partial charge < -0.3 is 11.2 Å². The number of nitrogen functional groups attached to an aromatic ring is 1. The van der Waals surface area contributed by atoms with Crippen LogP contribution >= 0.6 is 23.4 Å². The van der Waals surface area contributed by atoms with Crippen LogP contribution in [0.1, 0.15) is 18.1 Å². The Morgan fingerprint density at radius 2 is 2.04 bits per heavy atom. The van der Waals surface area contributed by atoms with E-state index in [9.17, 15) is 4.79 Å². The Labute approximate surface area is 167 Å². The third kappa shape index (κ3) is 4.43. The average molecular weight is 402 g/mol. The lowest BCUT2D eigenvalue weighted by Crippen LogP contribution is -2.17. The fourth-order valence-electron chi connectivity index (χ4n) is 2.71. The smallest absolute Gasteiger partial charge is 0.234 e. The van der Waals surface area contributed by atoms with Crippen LogP contribution in [0, 0.1) is 6.92 Å². The minimum Gasteiger partial charge on any atom is -0.335 e. The second kappa shape index (κ2) is 8.45. The molecule has 0 aliphatic rings. The summed E-state index contributed by atoms with van der Waals surface area (Å²) in [6, 6.07) is 13.2. The van der Waals surface area contributed by atoms with Crippen LogP contribution in [-0.4, -0.2) is 26.5 Å². The number of amides is 1. The molecule has 0 aliphatic carbocycles. The van der Waals surface area contributed by atoms with Gasteiger partial charge >= 0.3 is 0 Å². The van der Waals surface area contributed by atoms with Crippen molar-refractivity contribution in [3.63, 3.8) is 0 Å². The Kier molecular flexibility index (Phi) is 6.03. The highest BCUT2D eigenvalue weighted by Crippen LogP contribution is 2.25. The van der Waals surface area contributed by atoms with Crippen molar-refractivity contribution >= 4 is 35.0 Å². The molecule has 3 N–H and O–H groups in total. The van der Waals surface area contributed by atoms with Crippen molar-refractivity contribution in [1.82, 2.24) is 14.9 Å². The number of aromatic nitrogens is 3. The van der Waals surface area contributed by atoms with Crippen LogP contribution in [0.3, 0.4) is 0 Å². The van der Waals surface area contributed by atoms with Gasteiger partial charge in [0.15, 0.2) is 5.82 Å². The maximum absolute atomic E-state index is 12.4. The fourth-order valence-corrected chi connectivity index (χ4v) is 3.55. The van der Waals surface area contributed by atoms with Gasteiger partial charge in [0.2, 0.25) is 11.1 Å². The minimum atomic E-state index is -0.115. The second-order valence-corrected chi connectivity index (χ2v) is 7.36. The maximum atomic E-state index is 12.4. The topological polar surface area (TPSA) is 85.8 Å². The number of nitrogens with zero attached hydrogens (tertiary/aromatic N) is 3. The van der Waals surface area contributed by atoms with E-state index < -0.39 is 0 Å². The molecule has 1 heterocycles. The molecule has 0 saturated heterocycles. The lowest BCUT2D eigenvalue weighted by atomic mass is 10.1. The Morgan fingerprint density at radius 3 is 2.78 bits per heavy atom. The first-order valence-corrected chi connectivity index (χ1v) is 9.83. The number of carbonyl (C=O) groups is 1. The van der Waals surface area contributed by atoms with Gasteiger partial charge in [-0.25, -0.2) is 4.68 Å². The normalized spacial score (nSPS) is 10.8. The molecule has 0 fully saturated rings. The van der Waals surface area contributed by atoms with Crippen LogP contribution in [0.5, 0.6) is 0 Å². The number of rotatable bonds is 6. The van der Waals surface area contributed by atoms with Crippen LogP contribution in [-0.2, 0) is 11.2 Å². The van der Waals surface area contributed by atoms with Gasteiger partial charge in [-0.1, -0.05) is 60.6 Å². The molecule has 1 amide bonds. The third-order valence-electron chi connectivity index (χ3n) is 4.08. The number of nitrogens with two attached hydrogens (primary N) is 1. The summed E-state index contributed by atoms with van der Waals surface area (Å²) in [5, 5.41) is 12.2. The molecule has 0 unspecified atom stereocenters. The van der Waals surface area contributed by atoms with Gasteiger partial charge in [-0.3, -0.25) is 4.79 Å². The number of thioether (sulfide) groups is 1. The van der Waals surface area contributed by atoms with Gasteiger partial charge in [-0.2, -0.15) is 0 Å². The zero-order valence-corrected chi connectivity index (χ0v) is 16.6. The number of carbonyl (C=O) groups excluding carboxylic acids is 1. The summed E-state index contributed by atoms with van der Waals surface area (Å²) < 4.78 is 1.37. The molecule has 0 saturated carbocycles. The molecule has 0 aliphatic heterocycles. The van der Waals surface area contributed by atoms with Crippen molar-refractivity contribution in [2.45, 2.75) is 25.4 Å². The van der Waals surface area contributed by atoms with Crippen molar-refractivity contribution in [1.29, 1.82) is 0 Å². The number of benzene rings is 2. The van der Waals surface area contributed by atoms with Crippen molar-refractivity contribution in [2.75, 3.05) is 16.9 Å². The molecular formula is C19H20ClN5OS. The van der Waals surface area contributed by atoms with E-state index in [4.69, 9.17) is 17.4 Å². The van der Waals surface area contributed by atoms with Crippen molar-refractivity contribution in [3.05, 3.63) is 58.6 Å². The number of aryl methyl sites for hydroxylation is 2. The van der Waals surface area contributed by atoms with E-state index >= 15 is 0 Å². The molecular weight excluding hydrogens is 382 g/mol. The molecule has 0 spiro atoms. The van der Waals surface area contributed by atoms with E-state index in [1.54, 1.807) is 12.1 Å². The molecule has 2 aromatic carbocycles. The van der Waals surface area contributed by atoms with E-state index in [0.717, 1.165) is 28.8 Å². The number of para-hydroxylation sites is 1. The van der Waals surface area contributed by atoms with Crippen molar-refractivity contribution in [2.24, 2.45) is 0 Å². The summed E-state index contributed by atoms with van der Waals surface area (Å²) in [4.78, 5) is 12.4. The lowest BCUT2D eigenvalue weighted by Gasteiger charge is -2.12. The first kappa shape index (κ1) is 19.3. The van der Waals surface area contributed by atoms with Crippen LogP contribution < -0.4 is 11.2 Å². The summed E-state index contributed by atoms with van der Waals surface area (Å²) in [5.41, 5.74) is 3.79. The van der Waals surface area contributed by atoms with E-state index in [2.05, 4.69) is 22.4 Å². The quantitative estimate of drug-likeness (QED) is 0.483. The monoisotopic (exact) mass is 401 g/mol. The molecule has 140 valence electrons. The first-order chi connectivity index (χ1) is 13.0. The Bertz CT molecular complexity index is 972. The number of anilines is 1. The number of hydrogen-bond donors (Lipinski definition) is 2. The van der Waals surface area contributed by atoms with E-state index in [1.807, 2.05) is 37.3 Å². The lowest BCUT2D eigenvalue weighted by molar-refractivity contribution is -0.113. The highest BCUT2D eigenvalue weighted by atomic mass is 35.5. The van der Waals surface area contributed by atoms with Crippen LogP contribution in [0.15, 0.2) is 47.6 Å². The number of hydrogen-bond acceptors (Lipinski definition) is 5. The Morgan fingerprint density at radius 1 is 1.26 bits per heavy atom. The molecule has 3 aromatic rings. The van der Waals surface area contributed by atoms with Gasteiger partial charge in [0.1, 0.15) is 0 Å². The third-order valence-corrected chi connectivity index (χ3v) is 5.26. The zero-order valence-electron chi connectivity index (χ0n) is 15.1. The molecule has 8 heteroatoms. The Balaban J connectivity index is 1.68. The SMILES string of the molecule is CCc1cccc(C)c1NC(=O)CSc1nnc(-c2cccc(Cl)c2)n1N. The predicted octanol–water partition coefficient (Wildman–Crippen LogP) is 3.91. The van der Waals surface area contributed by atoms with Crippen LogP contribution in [0.25, 0.3) is 11.4 Å². The number of nitrogens with one attached hydrogen (secondary N) is 1. The Hall–Kier alpha value is -2.51. The van der Waals surface area contributed by atoms with E-state index in [1.165, 1.54) is 16.4 Å². The van der Waals surface area contributed by atoms with Crippen molar-refractivity contribution < 1.29 is 4.79 Å². The number of halogens is 1. The van der Waals surface area contributed by atoms with Crippen molar-refractivity contribution in [3.8, 4) is 11.4 Å². The molecule has 0 atom stereocenters. The standard InChI is InChI=1S/C19H20ClN5OS/c1-3-13-7-4-6-12(2)17(13)22-16(26)11-27-19-24-23-18(25(19)21)14-8-5-9-15(20)10-14/h4-10H,3,11,21H2,1-2H3,(H,22,26). The molecule has 1 aromatic heterocycles. The van der Waals surface area contributed by atoms with Gasteiger partial charge in [0.25, 0.3) is 0 Å². The van der Waals surface area contributed by atoms with Gasteiger partial charge in [-0.15, -0.1) is 10.2 Å². The molecule has 0 bridgehead atoms. The summed E-state index contributed by atoms with van der Waals surface area (Å²) in [7, 11) is 0. The van der Waals surface area contributed by atoms with Crippen LogP contribution in [0.4, 0.5) is 5.69 Å². The molecule has 3 rings (SSSR count). The van der Waals surface area contributed by atoms with Gasteiger partial charge in [0.05, 0.1) is 5.75 Å². The summed E-state index contributed by atoms with van der Waals surface area (Å²) >= 11 is 7.25. The maximum Gasteiger partial charge on any atom is 0.234 e. The first-order valence-electron chi connectivity index (χ1n) is 8.47. The van der Waals surface area contributed by atoms with E-state index in [-0.39, 0.29) is 11.7 Å². The fraction of sp³-hybridized carbons (Fsp3) is 0.211. The minimum absolute atomic E-state index is 0.115. The van der Waals surface area contributed by atoms with E-state index in [0.29, 0.717) is 16.0 Å². The van der Waals surface area contributed by atoms with Gasteiger partial charge in [-0.05, 0) is 36.6 Å². The molecule has 27 heavy (non-hydrogen) atoms. The average Bonchev–Trinajstić information content (AvgIpc) is 3.02. The second-order valence-electron chi connectivity index (χ2n) is 5.99. The summed E-state index contributed by atoms with van der Waals surface area (Å²) in [5.74, 6) is 6.65. The highest BCUT2D eigenvalue weighted by Gasteiger charge is 2.15. The highest BCUT2D eigenvalue weighted by molar-refractivity contribution is 7.99. The molecule has 0 radical (unpaired) electrons.